The van der Waals surface area contributed by atoms with E-state index in [1.54, 1.807) is 31.2 Å². The lowest BCUT2D eigenvalue weighted by molar-refractivity contribution is 0.262. The van der Waals surface area contributed by atoms with Gasteiger partial charge in [0.25, 0.3) is 0 Å². The van der Waals surface area contributed by atoms with E-state index in [9.17, 15) is 9.18 Å². The standard InChI is InChI=1S/C16H18FN3O/c1-10-4-3-5-14(17)15(10)20-16(21)19-13-8-6-12(7-9-13)11(2)18/h3-9,11H,18H2,1-2H3,(H2,19,20,21). The Morgan fingerprint density at radius 1 is 1.14 bits per heavy atom. The molecule has 1 atom stereocenters. The maximum absolute atomic E-state index is 13.6. The van der Waals surface area contributed by atoms with E-state index in [0.29, 0.717) is 11.3 Å². The normalized spacial score (nSPS) is 11.8. The van der Waals surface area contributed by atoms with Crippen LogP contribution in [0.15, 0.2) is 42.5 Å². The van der Waals surface area contributed by atoms with Crippen molar-refractivity contribution in [3.63, 3.8) is 0 Å². The molecule has 0 saturated carbocycles. The summed E-state index contributed by atoms with van der Waals surface area (Å²) in [7, 11) is 0. The zero-order chi connectivity index (χ0) is 15.4. The van der Waals surface area contributed by atoms with E-state index in [1.165, 1.54) is 6.07 Å². The first-order chi connectivity index (χ1) is 9.97. The number of rotatable bonds is 3. The van der Waals surface area contributed by atoms with Crippen LogP contribution < -0.4 is 16.4 Å². The number of halogens is 1. The van der Waals surface area contributed by atoms with E-state index in [0.717, 1.165) is 5.56 Å². The van der Waals surface area contributed by atoms with Crippen LogP contribution >= 0.6 is 0 Å². The SMILES string of the molecule is Cc1cccc(F)c1NC(=O)Nc1ccc(C(C)N)cc1. The molecule has 0 aromatic heterocycles. The molecule has 0 aliphatic carbocycles. The largest absolute Gasteiger partial charge is 0.324 e. The second-order valence-corrected chi connectivity index (χ2v) is 4.92. The predicted octanol–water partition coefficient (Wildman–Crippen LogP) is 3.80. The second kappa shape index (κ2) is 6.37. The van der Waals surface area contributed by atoms with E-state index >= 15 is 0 Å². The van der Waals surface area contributed by atoms with Crippen LogP contribution in [0.1, 0.15) is 24.1 Å². The van der Waals surface area contributed by atoms with Crippen LogP contribution in [0.3, 0.4) is 0 Å². The summed E-state index contributed by atoms with van der Waals surface area (Å²) in [5.41, 5.74) is 8.20. The van der Waals surface area contributed by atoms with Crippen molar-refractivity contribution >= 4 is 17.4 Å². The molecule has 0 bridgehead atoms. The van der Waals surface area contributed by atoms with Crippen molar-refractivity contribution in [1.29, 1.82) is 0 Å². The number of hydrogen-bond donors (Lipinski definition) is 3. The lowest BCUT2D eigenvalue weighted by Gasteiger charge is -2.11. The predicted molar refractivity (Wildman–Crippen MR) is 82.8 cm³/mol. The number of amides is 2. The van der Waals surface area contributed by atoms with Crippen molar-refractivity contribution in [3.8, 4) is 0 Å². The minimum Gasteiger partial charge on any atom is -0.324 e. The van der Waals surface area contributed by atoms with Gasteiger partial charge in [-0.2, -0.15) is 0 Å². The Hall–Kier alpha value is -2.40. The van der Waals surface area contributed by atoms with Crippen molar-refractivity contribution in [3.05, 3.63) is 59.4 Å². The summed E-state index contributed by atoms with van der Waals surface area (Å²) < 4.78 is 13.6. The Bertz CT molecular complexity index is 618. The Labute approximate surface area is 123 Å². The zero-order valence-electron chi connectivity index (χ0n) is 12.0. The van der Waals surface area contributed by atoms with Crippen molar-refractivity contribution in [2.45, 2.75) is 19.9 Å². The summed E-state index contributed by atoms with van der Waals surface area (Å²) in [5, 5.41) is 5.17. The quantitative estimate of drug-likeness (QED) is 0.803. The first-order valence-corrected chi connectivity index (χ1v) is 6.66. The Morgan fingerprint density at radius 3 is 2.38 bits per heavy atom. The van der Waals surface area contributed by atoms with Crippen molar-refractivity contribution < 1.29 is 9.18 Å². The van der Waals surface area contributed by atoms with Gasteiger partial charge in [0.15, 0.2) is 0 Å². The molecule has 1 unspecified atom stereocenters. The van der Waals surface area contributed by atoms with Crippen LogP contribution in [0.25, 0.3) is 0 Å². The topological polar surface area (TPSA) is 67.2 Å². The van der Waals surface area contributed by atoms with Gasteiger partial charge >= 0.3 is 6.03 Å². The Morgan fingerprint density at radius 2 is 1.81 bits per heavy atom. The van der Waals surface area contributed by atoms with Crippen LogP contribution in [-0.2, 0) is 0 Å². The number of benzene rings is 2. The summed E-state index contributed by atoms with van der Waals surface area (Å²) in [6.07, 6.45) is 0. The maximum atomic E-state index is 13.6. The molecule has 4 nitrogen and oxygen atoms in total. The monoisotopic (exact) mass is 287 g/mol. The minimum atomic E-state index is -0.489. The zero-order valence-corrected chi connectivity index (χ0v) is 12.0. The van der Waals surface area contributed by atoms with Crippen molar-refractivity contribution in [2.75, 3.05) is 10.6 Å². The molecule has 2 rings (SSSR count). The van der Waals surface area contributed by atoms with Gasteiger partial charge in [0.2, 0.25) is 0 Å². The number of para-hydroxylation sites is 1. The third-order valence-corrected chi connectivity index (χ3v) is 3.15. The van der Waals surface area contributed by atoms with Crippen LogP contribution in [0, 0.1) is 12.7 Å². The number of aryl methyl sites for hydroxylation is 1. The molecule has 4 N–H and O–H groups in total. The van der Waals surface area contributed by atoms with Gasteiger partial charge < -0.3 is 16.4 Å². The highest BCUT2D eigenvalue weighted by Gasteiger charge is 2.09. The molecule has 0 fully saturated rings. The van der Waals surface area contributed by atoms with Crippen molar-refractivity contribution in [2.24, 2.45) is 5.73 Å². The Kier molecular flexibility index (Phi) is 4.55. The first-order valence-electron chi connectivity index (χ1n) is 6.66. The first kappa shape index (κ1) is 15.0. The highest BCUT2D eigenvalue weighted by atomic mass is 19.1. The van der Waals surface area contributed by atoms with Crippen LogP contribution in [0.2, 0.25) is 0 Å². The molecule has 21 heavy (non-hydrogen) atoms. The fourth-order valence-electron chi connectivity index (χ4n) is 1.94. The maximum Gasteiger partial charge on any atom is 0.323 e. The van der Waals surface area contributed by atoms with Crippen molar-refractivity contribution in [1.82, 2.24) is 0 Å². The summed E-state index contributed by atoms with van der Waals surface area (Å²) in [5.74, 6) is -0.461. The average molecular weight is 287 g/mol. The molecular formula is C16H18FN3O. The Balaban J connectivity index is 2.05. The van der Waals surface area contributed by atoms with Gasteiger partial charge in [-0.25, -0.2) is 9.18 Å². The van der Waals surface area contributed by atoms with Gasteiger partial charge in [-0.15, -0.1) is 0 Å². The van der Waals surface area contributed by atoms with Crippen LogP contribution in [-0.4, -0.2) is 6.03 Å². The summed E-state index contributed by atoms with van der Waals surface area (Å²) in [4.78, 5) is 11.9. The highest BCUT2D eigenvalue weighted by Crippen LogP contribution is 2.19. The van der Waals surface area contributed by atoms with Gasteiger partial charge in [0, 0.05) is 11.7 Å². The number of anilines is 2. The van der Waals surface area contributed by atoms with Gasteiger partial charge in [0.1, 0.15) is 5.82 Å². The fourth-order valence-corrected chi connectivity index (χ4v) is 1.94. The van der Waals surface area contributed by atoms with E-state index in [1.807, 2.05) is 19.1 Å². The summed E-state index contributed by atoms with van der Waals surface area (Å²) >= 11 is 0. The van der Waals surface area contributed by atoms with E-state index in [-0.39, 0.29) is 11.7 Å². The number of urea groups is 1. The smallest absolute Gasteiger partial charge is 0.323 e. The molecule has 0 aliphatic rings. The molecule has 0 saturated heterocycles. The third-order valence-electron chi connectivity index (χ3n) is 3.15. The number of carbonyl (C=O) groups is 1. The molecule has 0 heterocycles. The van der Waals surface area contributed by atoms with Crippen LogP contribution in [0.4, 0.5) is 20.6 Å². The molecule has 110 valence electrons. The van der Waals surface area contributed by atoms with E-state index in [4.69, 9.17) is 5.73 Å². The molecular weight excluding hydrogens is 269 g/mol. The fraction of sp³-hybridized carbons (Fsp3) is 0.188. The van der Waals surface area contributed by atoms with Crippen LogP contribution in [0.5, 0.6) is 0 Å². The molecule has 2 amide bonds. The van der Waals surface area contributed by atoms with Gasteiger partial charge in [-0.05, 0) is 43.2 Å². The van der Waals surface area contributed by atoms with E-state index < -0.39 is 11.8 Å². The van der Waals surface area contributed by atoms with E-state index in [2.05, 4.69) is 10.6 Å². The molecule has 0 aliphatic heterocycles. The van der Waals surface area contributed by atoms with Gasteiger partial charge in [-0.1, -0.05) is 24.3 Å². The minimum absolute atomic E-state index is 0.0612. The lowest BCUT2D eigenvalue weighted by atomic mass is 10.1. The highest BCUT2D eigenvalue weighted by molar-refractivity contribution is 6.00. The summed E-state index contributed by atoms with van der Waals surface area (Å²) in [6, 6.07) is 11.3. The lowest BCUT2D eigenvalue weighted by Crippen LogP contribution is -2.20. The molecule has 2 aromatic carbocycles. The molecule has 2 aromatic rings. The third kappa shape index (κ3) is 3.79. The average Bonchev–Trinajstić information content (AvgIpc) is 2.43. The number of nitrogens with one attached hydrogen (secondary N) is 2. The number of carbonyl (C=O) groups excluding carboxylic acids is 1. The second-order valence-electron chi connectivity index (χ2n) is 4.92. The van der Waals surface area contributed by atoms with Gasteiger partial charge in [0.05, 0.1) is 5.69 Å². The number of nitrogens with two attached hydrogens (primary N) is 1. The summed E-state index contributed by atoms with van der Waals surface area (Å²) in [6.45, 7) is 3.62. The molecule has 0 radical (unpaired) electrons. The number of hydrogen-bond acceptors (Lipinski definition) is 2. The molecule has 0 spiro atoms. The van der Waals surface area contributed by atoms with Gasteiger partial charge in [-0.3, -0.25) is 0 Å². The molecule has 5 heteroatoms.